The largest absolute Gasteiger partial charge is 0.354 e. The first-order valence-electron chi connectivity index (χ1n) is 9.93. The third-order valence-electron chi connectivity index (χ3n) is 5.00. The molecule has 29 heavy (non-hydrogen) atoms. The monoisotopic (exact) mass is 398 g/mol. The Kier molecular flexibility index (Phi) is 6.04. The fraction of sp³-hybridized carbons (Fsp3) is 0.476. The molecule has 1 saturated heterocycles. The molecule has 8 heteroatoms. The summed E-state index contributed by atoms with van der Waals surface area (Å²) in [5.41, 5.74) is 12.4. The molecule has 156 valence electrons. The van der Waals surface area contributed by atoms with Gasteiger partial charge in [-0.15, -0.1) is 0 Å². The third kappa shape index (κ3) is 5.02. The van der Waals surface area contributed by atoms with Gasteiger partial charge in [-0.2, -0.15) is 4.98 Å². The van der Waals surface area contributed by atoms with Gasteiger partial charge >= 0.3 is 5.69 Å². The van der Waals surface area contributed by atoms with Gasteiger partial charge in [0.2, 0.25) is 5.91 Å². The standard InChI is InChI=1S/C21H30N6O2/c1-15(22)14-16-4-6-17(7-5-16)27-9-8-18(24-20(27)29)25-10-12-26(13-11-25)19(28)21(2,3)23/h4-9,15H,10-14,22-23H2,1-3H3. The fourth-order valence-corrected chi connectivity index (χ4v) is 3.48. The average molecular weight is 399 g/mol. The zero-order valence-corrected chi connectivity index (χ0v) is 17.3. The van der Waals surface area contributed by atoms with Crippen molar-refractivity contribution in [2.24, 2.45) is 11.5 Å². The predicted octanol–water partition coefficient (Wildman–Crippen LogP) is 0.508. The molecule has 1 fully saturated rings. The molecule has 1 aromatic carbocycles. The van der Waals surface area contributed by atoms with E-state index in [2.05, 4.69) is 4.98 Å². The number of carbonyl (C=O) groups excluding carboxylic acids is 1. The minimum absolute atomic E-state index is 0.0620. The van der Waals surface area contributed by atoms with Gasteiger partial charge in [-0.25, -0.2) is 4.79 Å². The molecule has 8 nitrogen and oxygen atoms in total. The van der Waals surface area contributed by atoms with Gasteiger partial charge in [0.15, 0.2) is 0 Å². The van der Waals surface area contributed by atoms with Crippen LogP contribution in [-0.4, -0.2) is 58.1 Å². The SMILES string of the molecule is CC(N)Cc1ccc(-n2ccc(N3CCN(C(=O)C(C)(C)N)CC3)nc2=O)cc1. The lowest BCUT2D eigenvalue weighted by Gasteiger charge is -2.37. The number of hydrogen-bond donors (Lipinski definition) is 2. The van der Waals surface area contributed by atoms with Crippen LogP contribution >= 0.6 is 0 Å². The lowest BCUT2D eigenvalue weighted by atomic mass is 10.0. The molecule has 1 aromatic heterocycles. The number of nitrogens with zero attached hydrogens (tertiary/aromatic N) is 4. The molecule has 2 aromatic rings. The Morgan fingerprint density at radius 1 is 1.14 bits per heavy atom. The molecule has 1 amide bonds. The number of anilines is 1. The van der Waals surface area contributed by atoms with Gasteiger partial charge in [-0.3, -0.25) is 9.36 Å². The van der Waals surface area contributed by atoms with Crippen LogP contribution in [0.25, 0.3) is 5.69 Å². The summed E-state index contributed by atoms with van der Waals surface area (Å²) < 4.78 is 1.52. The number of aromatic nitrogens is 2. The molecule has 1 aliphatic heterocycles. The van der Waals surface area contributed by atoms with E-state index in [9.17, 15) is 9.59 Å². The summed E-state index contributed by atoms with van der Waals surface area (Å²) in [6.07, 6.45) is 2.54. The van der Waals surface area contributed by atoms with Gasteiger partial charge in [0.25, 0.3) is 0 Å². The van der Waals surface area contributed by atoms with Gasteiger partial charge < -0.3 is 21.3 Å². The summed E-state index contributed by atoms with van der Waals surface area (Å²) >= 11 is 0. The van der Waals surface area contributed by atoms with Gasteiger partial charge in [0.1, 0.15) is 5.82 Å². The third-order valence-corrected chi connectivity index (χ3v) is 5.00. The molecule has 0 aliphatic carbocycles. The Labute approximate surface area is 171 Å². The van der Waals surface area contributed by atoms with Crippen molar-refractivity contribution in [3.8, 4) is 5.69 Å². The summed E-state index contributed by atoms with van der Waals surface area (Å²) in [7, 11) is 0. The van der Waals surface area contributed by atoms with Crippen LogP contribution in [0.2, 0.25) is 0 Å². The van der Waals surface area contributed by atoms with E-state index in [-0.39, 0.29) is 17.6 Å². The highest BCUT2D eigenvalue weighted by Crippen LogP contribution is 2.15. The van der Waals surface area contributed by atoms with E-state index in [0.717, 1.165) is 17.7 Å². The van der Waals surface area contributed by atoms with Crippen molar-refractivity contribution in [2.75, 3.05) is 31.1 Å². The number of piperazine rings is 1. The van der Waals surface area contributed by atoms with E-state index < -0.39 is 5.54 Å². The van der Waals surface area contributed by atoms with Crippen LogP contribution in [0.15, 0.2) is 41.3 Å². The van der Waals surface area contributed by atoms with E-state index in [0.29, 0.717) is 32.0 Å². The summed E-state index contributed by atoms with van der Waals surface area (Å²) in [6.45, 7) is 7.75. The summed E-state index contributed by atoms with van der Waals surface area (Å²) in [6, 6.07) is 9.69. The fourth-order valence-electron chi connectivity index (χ4n) is 3.48. The second-order valence-electron chi connectivity index (χ2n) is 8.29. The molecule has 0 radical (unpaired) electrons. The number of hydrogen-bond acceptors (Lipinski definition) is 6. The Balaban J connectivity index is 1.69. The minimum Gasteiger partial charge on any atom is -0.353 e. The maximum atomic E-state index is 12.6. The zero-order chi connectivity index (χ0) is 21.2. The molecule has 4 N–H and O–H groups in total. The number of nitrogens with two attached hydrogens (primary N) is 2. The molecule has 0 saturated carbocycles. The van der Waals surface area contributed by atoms with Crippen molar-refractivity contribution in [3.05, 3.63) is 52.6 Å². The number of benzene rings is 1. The Hall–Kier alpha value is -2.71. The van der Waals surface area contributed by atoms with Crippen LogP contribution in [0.5, 0.6) is 0 Å². The lowest BCUT2D eigenvalue weighted by molar-refractivity contribution is -0.136. The van der Waals surface area contributed by atoms with Crippen molar-refractivity contribution < 1.29 is 4.79 Å². The van der Waals surface area contributed by atoms with Crippen molar-refractivity contribution in [3.63, 3.8) is 0 Å². The molecule has 3 rings (SSSR count). The second-order valence-corrected chi connectivity index (χ2v) is 8.29. The van der Waals surface area contributed by atoms with Crippen molar-refractivity contribution >= 4 is 11.7 Å². The molecule has 0 spiro atoms. The molecule has 2 heterocycles. The Bertz CT molecular complexity index is 906. The van der Waals surface area contributed by atoms with Crippen LogP contribution in [-0.2, 0) is 11.2 Å². The number of rotatable bonds is 5. The Morgan fingerprint density at radius 3 is 2.28 bits per heavy atom. The van der Waals surface area contributed by atoms with E-state index in [1.165, 1.54) is 4.57 Å². The predicted molar refractivity (Wildman–Crippen MR) is 114 cm³/mol. The van der Waals surface area contributed by atoms with Crippen LogP contribution < -0.4 is 22.1 Å². The van der Waals surface area contributed by atoms with Crippen molar-refractivity contribution in [2.45, 2.75) is 38.8 Å². The maximum Gasteiger partial charge on any atom is 0.354 e. The number of amides is 1. The number of carbonyl (C=O) groups is 1. The summed E-state index contributed by atoms with van der Waals surface area (Å²) in [5.74, 6) is 0.562. The quantitative estimate of drug-likeness (QED) is 0.759. The minimum atomic E-state index is -0.876. The first kappa shape index (κ1) is 21.0. The highest BCUT2D eigenvalue weighted by Gasteiger charge is 2.30. The normalized spacial score (nSPS) is 16.0. The smallest absolute Gasteiger partial charge is 0.353 e. The first-order valence-corrected chi connectivity index (χ1v) is 9.93. The van der Waals surface area contributed by atoms with E-state index in [1.54, 1.807) is 24.9 Å². The lowest BCUT2D eigenvalue weighted by Crippen LogP contribution is -2.57. The molecular weight excluding hydrogens is 368 g/mol. The van der Waals surface area contributed by atoms with Crippen molar-refractivity contribution in [1.82, 2.24) is 14.5 Å². The van der Waals surface area contributed by atoms with Crippen LogP contribution in [0.3, 0.4) is 0 Å². The molecule has 1 atom stereocenters. The first-order chi connectivity index (χ1) is 13.6. The Morgan fingerprint density at radius 2 is 1.76 bits per heavy atom. The highest BCUT2D eigenvalue weighted by molar-refractivity contribution is 5.85. The zero-order valence-electron chi connectivity index (χ0n) is 17.3. The van der Waals surface area contributed by atoms with E-state index >= 15 is 0 Å². The van der Waals surface area contributed by atoms with Gasteiger partial charge in [-0.1, -0.05) is 12.1 Å². The average Bonchev–Trinajstić information content (AvgIpc) is 2.67. The van der Waals surface area contributed by atoms with E-state index in [4.69, 9.17) is 11.5 Å². The molecular formula is C21H30N6O2. The van der Waals surface area contributed by atoms with Gasteiger partial charge in [0, 0.05) is 38.4 Å². The van der Waals surface area contributed by atoms with E-state index in [1.807, 2.05) is 42.2 Å². The van der Waals surface area contributed by atoms with Crippen LogP contribution in [0, 0.1) is 0 Å². The highest BCUT2D eigenvalue weighted by atomic mass is 16.2. The topological polar surface area (TPSA) is 110 Å². The van der Waals surface area contributed by atoms with Gasteiger partial charge in [0.05, 0.1) is 11.2 Å². The summed E-state index contributed by atoms with van der Waals surface area (Å²) in [4.78, 5) is 32.9. The summed E-state index contributed by atoms with van der Waals surface area (Å²) in [5, 5.41) is 0. The van der Waals surface area contributed by atoms with Crippen molar-refractivity contribution in [1.29, 1.82) is 0 Å². The van der Waals surface area contributed by atoms with Crippen LogP contribution in [0.1, 0.15) is 26.3 Å². The molecule has 0 bridgehead atoms. The molecule has 1 unspecified atom stereocenters. The molecule has 1 aliphatic rings. The van der Waals surface area contributed by atoms with Crippen LogP contribution in [0.4, 0.5) is 5.82 Å². The van der Waals surface area contributed by atoms with Gasteiger partial charge in [-0.05, 0) is 51.0 Å². The second kappa shape index (κ2) is 8.34. The maximum absolute atomic E-state index is 12.6.